The molecule has 0 saturated heterocycles. The zero-order valence-corrected chi connectivity index (χ0v) is 9.59. The number of nitriles is 1. The van der Waals surface area contributed by atoms with Gasteiger partial charge in [0.1, 0.15) is 13.2 Å². The minimum Gasteiger partial charge on any atom is -0.486 e. The second kappa shape index (κ2) is 4.38. The van der Waals surface area contributed by atoms with Gasteiger partial charge in [-0.3, -0.25) is 4.98 Å². The zero-order valence-electron chi connectivity index (χ0n) is 9.59. The summed E-state index contributed by atoms with van der Waals surface area (Å²) in [7, 11) is 0. The van der Waals surface area contributed by atoms with Gasteiger partial charge in [-0.2, -0.15) is 5.26 Å². The Morgan fingerprint density at radius 2 is 1.89 bits per heavy atom. The predicted molar refractivity (Wildman–Crippen MR) is 65.4 cm³/mol. The number of pyridine rings is 1. The summed E-state index contributed by atoms with van der Waals surface area (Å²) in [4.78, 5) is 4.26. The van der Waals surface area contributed by atoms with Gasteiger partial charge in [-0.05, 0) is 30.3 Å². The summed E-state index contributed by atoms with van der Waals surface area (Å²) in [5.74, 6) is 1.48. The van der Waals surface area contributed by atoms with Crippen LogP contribution in [0.4, 0.5) is 0 Å². The molecular weight excluding hydrogens is 228 g/mol. The highest BCUT2D eigenvalue weighted by Gasteiger charge is 2.12. The normalized spacial score (nSPS) is 12.8. The second-order valence-electron chi connectivity index (χ2n) is 3.90. The monoisotopic (exact) mass is 238 g/mol. The van der Waals surface area contributed by atoms with Crippen LogP contribution in [0.5, 0.6) is 11.5 Å². The van der Waals surface area contributed by atoms with Crippen molar-refractivity contribution in [2.45, 2.75) is 0 Å². The molecular formula is C14H10N2O2. The van der Waals surface area contributed by atoms with Gasteiger partial charge in [0.2, 0.25) is 0 Å². The molecule has 0 bridgehead atoms. The fourth-order valence-electron chi connectivity index (χ4n) is 1.86. The summed E-state index contributed by atoms with van der Waals surface area (Å²) in [5.41, 5.74) is 2.26. The summed E-state index contributed by atoms with van der Waals surface area (Å²) in [6.07, 6.45) is 1.63. The largest absolute Gasteiger partial charge is 0.486 e. The third kappa shape index (κ3) is 1.87. The van der Waals surface area contributed by atoms with Gasteiger partial charge in [0.25, 0.3) is 0 Å². The Hall–Kier alpha value is -2.54. The van der Waals surface area contributed by atoms with Gasteiger partial charge in [0, 0.05) is 11.8 Å². The highest BCUT2D eigenvalue weighted by atomic mass is 16.6. The van der Waals surface area contributed by atoms with Gasteiger partial charge in [-0.25, -0.2) is 0 Å². The lowest BCUT2D eigenvalue weighted by atomic mass is 10.1. The molecule has 3 rings (SSSR count). The number of benzene rings is 1. The van der Waals surface area contributed by atoms with Crippen molar-refractivity contribution in [2.24, 2.45) is 0 Å². The topological polar surface area (TPSA) is 55.1 Å². The Morgan fingerprint density at radius 3 is 2.72 bits per heavy atom. The molecule has 4 nitrogen and oxygen atoms in total. The van der Waals surface area contributed by atoms with Crippen LogP contribution < -0.4 is 9.47 Å². The van der Waals surface area contributed by atoms with E-state index in [9.17, 15) is 0 Å². The van der Waals surface area contributed by atoms with E-state index in [1.54, 1.807) is 18.3 Å². The smallest absolute Gasteiger partial charge is 0.162 e. The van der Waals surface area contributed by atoms with Crippen LogP contribution >= 0.6 is 0 Å². The molecule has 1 aromatic carbocycles. The summed E-state index contributed by atoms with van der Waals surface area (Å²) in [5, 5.41) is 8.88. The van der Waals surface area contributed by atoms with E-state index in [1.165, 1.54) is 0 Å². The molecule has 0 unspecified atom stereocenters. The first kappa shape index (κ1) is 10.6. The Balaban J connectivity index is 2.04. The minimum absolute atomic E-state index is 0.558. The molecule has 0 fully saturated rings. The molecule has 88 valence electrons. The SMILES string of the molecule is N#Cc1ccnc(-c2ccc3c(c2)OCCO3)c1. The number of rotatable bonds is 1. The van der Waals surface area contributed by atoms with E-state index in [-0.39, 0.29) is 0 Å². The molecule has 2 aromatic rings. The molecule has 0 radical (unpaired) electrons. The van der Waals surface area contributed by atoms with E-state index in [2.05, 4.69) is 11.1 Å². The van der Waals surface area contributed by atoms with E-state index in [0.717, 1.165) is 22.8 Å². The van der Waals surface area contributed by atoms with Crippen molar-refractivity contribution < 1.29 is 9.47 Å². The van der Waals surface area contributed by atoms with Gasteiger partial charge in [0.05, 0.1) is 17.3 Å². The maximum atomic E-state index is 8.88. The molecule has 0 aliphatic carbocycles. The van der Waals surface area contributed by atoms with Gasteiger partial charge < -0.3 is 9.47 Å². The van der Waals surface area contributed by atoms with Crippen LogP contribution in [0, 0.1) is 11.3 Å². The Bertz CT molecular complexity index is 632. The lowest BCUT2D eigenvalue weighted by Gasteiger charge is -2.18. The van der Waals surface area contributed by atoms with Crippen molar-refractivity contribution in [3.05, 3.63) is 42.1 Å². The number of hydrogen-bond acceptors (Lipinski definition) is 4. The van der Waals surface area contributed by atoms with Crippen molar-refractivity contribution in [1.82, 2.24) is 4.98 Å². The summed E-state index contributed by atoms with van der Waals surface area (Å²) in [6, 6.07) is 11.2. The molecule has 1 aliphatic rings. The third-order valence-corrected chi connectivity index (χ3v) is 2.73. The van der Waals surface area contributed by atoms with Crippen LogP contribution in [-0.2, 0) is 0 Å². The first-order valence-electron chi connectivity index (χ1n) is 5.63. The standard InChI is InChI=1S/C14H10N2O2/c15-9-10-3-4-16-12(7-10)11-1-2-13-14(8-11)18-6-5-17-13/h1-4,7-8H,5-6H2. The van der Waals surface area contributed by atoms with Gasteiger partial charge in [-0.1, -0.05) is 0 Å². The predicted octanol–water partition coefficient (Wildman–Crippen LogP) is 2.39. The van der Waals surface area contributed by atoms with Crippen molar-refractivity contribution in [2.75, 3.05) is 13.2 Å². The van der Waals surface area contributed by atoms with E-state index in [1.807, 2.05) is 18.2 Å². The molecule has 0 N–H and O–H groups in total. The van der Waals surface area contributed by atoms with Crippen LogP contribution in [0.15, 0.2) is 36.5 Å². The molecule has 4 heteroatoms. The second-order valence-corrected chi connectivity index (χ2v) is 3.90. The van der Waals surface area contributed by atoms with E-state index < -0.39 is 0 Å². The van der Waals surface area contributed by atoms with Crippen LogP contribution in [0.2, 0.25) is 0 Å². The maximum Gasteiger partial charge on any atom is 0.162 e. The molecule has 2 heterocycles. The molecule has 0 amide bonds. The zero-order chi connectivity index (χ0) is 12.4. The maximum absolute atomic E-state index is 8.88. The molecule has 0 atom stereocenters. The van der Waals surface area contributed by atoms with E-state index in [0.29, 0.717) is 18.8 Å². The molecule has 1 aromatic heterocycles. The van der Waals surface area contributed by atoms with Gasteiger partial charge in [0.15, 0.2) is 11.5 Å². The molecule has 0 saturated carbocycles. The third-order valence-electron chi connectivity index (χ3n) is 2.73. The first-order chi connectivity index (χ1) is 8.86. The van der Waals surface area contributed by atoms with Crippen LogP contribution in [0.3, 0.4) is 0 Å². The van der Waals surface area contributed by atoms with Crippen LogP contribution in [0.1, 0.15) is 5.56 Å². The Morgan fingerprint density at radius 1 is 1.06 bits per heavy atom. The van der Waals surface area contributed by atoms with Crippen molar-refractivity contribution >= 4 is 0 Å². The summed E-state index contributed by atoms with van der Waals surface area (Å²) < 4.78 is 11.0. The molecule has 0 spiro atoms. The van der Waals surface area contributed by atoms with Crippen LogP contribution in [0.25, 0.3) is 11.3 Å². The fourth-order valence-corrected chi connectivity index (χ4v) is 1.86. The van der Waals surface area contributed by atoms with Gasteiger partial charge in [-0.15, -0.1) is 0 Å². The van der Waals surface area contributed by atoms with Gasteiger partial charge >= 0.3 is 0 Å². The number of nitrogens with zero attached hydrogens (tertiary/aromatic N) is 2. The van der Waals surface area contributed by atoms with E-state index >= 15 is 0 Å². The lowest BCUT2D eigenvalue weighted by molar-refractivity contribution is 0.171. The summed E-state index contributed by atoms with van der Waals surface area (Å²) in [6.45, 7) is 1.14. The highest BCUT2D eigenvalue weighted by Crippen LogP contribution is 2.33. The average molecular weight is 238 g/mol. The number of fused-ring (bicyclic) bond motifs is 1. The van der Waals surface area contributed by atoms with Crippen LogP contribution in [-0.4, -0.2) is 18.2 Å². The first-order valence-corrected chi connectivity index (χ1v) is 5.63. The molecule has 1 aliphatic heterocycles. The van der Waals surface area contributed by atoms with E-state index in [4.69, 9.17) is 14.7 Å². The number of hydrogen-bond donors (Lipinski definition) is 0. The van der Waals surface area contributed by atoms with Crippen molar-refractivity contribution in [3.8, 4) is 28.8 Å². The average Bonchev–Trinajstić information content (AvgIpc) is 2.47. The minimum atomic E-state index is 0.558. The molecule has 18 heavy (non-hydrogen) atoms. The van der Waals surface area contributed by atoms with Crippen molar-refractivity contribution in [3.63, 3.8) is 0 Å². The van der Waals surface area contributed by atoms with Crippen molar-refractivity contribution in [1.29, 1.82) is 5.26 Å². The quantitative estimate of drug-likeness (QED) is 0.765. The number of aromatic nitrogens is 1. The fraction of sp³-hybridized carbons (Fsp3) is 0.143. The Labute approximate surface area is 104 Å². The highest BCUT2D eigenvalue weighted by molar-refractivity contribution is 5.65. The lowest BCUT2D eigenvalue weighted by Crippen LogP contribution is -2.15. The Kier molecular flexibility index (Phi) is 2.58. The number of ether oxygens (including phenoxy) is 2. The summed E-state index contributed by atoms with van der Waals surface area (Å²) >= 11 is 0.